The topological polar surface area (TPSA) is 0 Å². The van der Waals surface area contributed by atoms with Crippen LogP contribution in [0.5, 0.6) is 0 Å². The van der Waals surface area contributed by atoms with Gasteiger partial charge >= 0.3 is 0 Å². The van der Waals surface area contributed by atoms with Gasteiger partial charge in [-0.1, -0.05) is 23.9 Å². The zero-order valence-electron chi connectivity index (χ0n) is 8.76. The van der Waals surface area contributed by atoms with E-state index in [-0.39, 0.29) is 5.82 Å². The molecule has 1 aromatic rings. The lowest BCUT2D eigenvalue weighted by molar-refractivity contribution is 0.627. The molecule has 76 valence electrons. The van der Waals surface area contributed by atoms with Gasteiger partial charge in [0, 0.05) is 5.56 Å². The van der Waals surface area contributed by atoms with E-state index in [1.807, 2.05) is 11.4 Å². The van der Waals surface area contributed by atoms with Crippen LogP contribution >= 0.6 is 0 Å². The second kappa shape index (κ2) is 4.76. The molecule has 0 fully saturated rings. The molecule has 0 N–H and O–H groups in total. The van der Waals surface area contributed by atoms with Crippen molar-refractivity contribution in [1.82, 2.24) is 0 Å². The lowest BCUT2D eigenvalue weighted by atomic mass is 10.2. The van der Waals surface area contributed by atoms with Crippen LogP contribution in [0, 0.1) is 17.3 Å². The first kappa shape index (κ1) is 11.5. The van der Waals surface area contributed by atoms with E-state index >= 15 is 0 Å². The second-order valence-corrected chi connectivity index (χ2v) is 7.08. The number of rotatable bonds is 2. The second-order valence-electron chi connectivity index (χ2n) is 3.45. The molecule has 0 aliphatic heterocycles. The van der Waals surface area contributed by atoms with E-state index in [4.69, 9.17) is 0 Å². The molecular weight excluding hydrogens is 203 g/mol. The third-order valence-electron chi connectivity index (χ3n) is 2.17. The highest BCUT2D eigenvalue weighted by Gasteiger charge is 2.14. The minimum Gasteiger partial charge on any atom is -0.207 e. The highest BCUT2D eigenvalue weighted by atomic mass is 28.3. The number of hydrogen-bond donors (Lipinski definition) is 0. The summed E-state index contributed by atoms with van der Waals surface area (Å²) in [6, 6.07) is 6.15. The maximum atomic E-state index is 12.6. The van der Waals surface area contributed by atoms with Gasteiger partial charge in [0.2, 0.25) is 0 Å². The predicted molar refractivity (Wildman–Crippen MR) is 65.3 cm³/mol. The van der Waals surface area contributed by atoms with Crippen molar-refractivity contribution in [3.05, 3.63) is 60.2 Å². The summed E-state index contributed by atoms with van der Waals surface area (Å²) >= 11 is 0. The molecule has 0 saturated carbocycles. The summed E-state index contributed by atoms with van der Waals surface area (Å²) in [7, 11) is -1.82. The summed E-state index contributed by atoms with van der Waals surface area (Å²) in [5, 5.41) is 0. The molecule has 0 spiro atoms. The molecule has 0 heterocycles. The summed E-state index contributed by atoms with van der Waals surface area (Å²) in [5.74, 6) is 2.77. The maximum Gasteiger partial charge on any atom is 0.181 e. The Kier molecular flexibility index (Phi) is 3.65. The lowest BCUT2D eigenvalue weighted by Gasteiger charge is -2.07. The Morgan fingerprint density at radius 3 is 2.20 bits per heavy atom. The number of hydrogen-bond acceptors (Lipinski definition) is 0. The van der Waals surface area contributed by atoms with Crippen LogP contribution in [0.4, 0.5) is 4.39 Å². The standard InChI is InChI=1S/C13H13FSi/c1-4-15(3,5-2)11-10-12-6-8-13(14)9-7-12/h4-9H,1-2H2,3H3. The van der Waals surface area contributed by atoms with Crippen molar-refractivity contribution in [3.63, 3.8) is 0 Å². The fourth-order valence-corrected chi connectivity index (χ4v) is 1.71. The molecule has 0 unspecified atom stereocenters. The first-order valence-electron chi connectivity index (χ1n) is 4.65. The average molecular weight is 216 g/mol. The quantitative estimate of drug-likeness (QED) is 0.526. The van der Waals surface area contributed by atoms with E-state index in [1.165, 1.54) is 12.1 Å². The van der Waals surface area contributed by atoms with Crippen LogP contribution in [0.25, 0.3) is 0 Å². The van der Waals surface area contributed by atoms with Gasteiger partial charge in [-0.25, -0.2) is 4.39 Å². The Hall–Kier alpha value is -1.59. The highest BCUT2D eigenvalue weighted by molar-refractivity contribution is 6.94. The molecule has 2 heteroatoms. The average Bonchev–Trinajstić information content (AvgIpc) is 2.28. The molecule has 1 aromatic carbocycles. The summed E-state index contributed by atoms with van der Waals surface area (Å²) in [5.41, 5.74) is 7.72. The van der Waals surface area contributed by atoms with E-state index in [1.54, 1.807) is 12.1 Å². The molecule has 0 nitrogen and oxygen atoms in total. The highest BCUT2D eigenvalue weighted by Crippen LogP contribution is 2.05. The van der Waals surface area contributed by atoms with Crippen LogP contribution < -0.4 is 0 Å². The third-order valence-corrected chi connectivity index (χ3v) is 4.53. The Morgan fingerprint density at radius 1 is 1.20 bits per heavy atom. The van der Waals surface area contributed by atoms with E-state index in [9.17, 15) is 4.39 Å². The zero-order chi connectivity index (χ0) is 11.3. The van der Waals surface area contributed by atoms with Crippen LogP contribution in [-0.2, 0) is 0 Å². The lowest BCUT2D eigenvalue weighted by Crippen LogP contribution is -2.21. The van der Waals surface area contributed by atoms with E-state index in [0.29, 0.717) is 0 Å². The van der Waals surface area contributed by atoms with Crippen molar-refractivity contribution < 1.29 is 4.39 Å². The van der Waals surface area contributed by atoms with Gasteiger partial charge in [0.25, 0.3) is 0 Å². The fourth-order valence-electron chi connectivity index (χ4n) is 0.925. The van der Waals surface area contributed by atoms with Crippen LogP contribution in [0.2, 0.25) is 6.55 Å². The molecule has 0 amide bonds. The van der Waals surface area contributed by atoms with Gasteiger partial charge in [-0.05, 0) is 24.3 Å². The molecule has 15 heavy (non-hydrogen) atoms. The molecule has 0 aromatic heterocycles. The predicted octanol–water partition coefficient (Wildman–Crippen LogP) is 3.25. The first-order chi connectivity index (χ1) is 7.09. The Bertz CT molecular complexity index is 412. The summed E-state index contributed by atoms with van der Waals surface area (Å²) < 4.78 is 12.6. The molecule has 1 rings (SSSR count). The summed E-state index contributed by atoms with van der Waals surface area (Å²) in [4.78, 5) is 0. The first-order valence-corrected chi connectivity index (χ1v) is 7.31. The molecule has 0 aliphatic rings. The van der Waals surface area contributed by atoms with E-state index < -0.39 is 8.07 Å². The summed E-state index contributed by atoms with van der Waals surface area (Å²) in [6.07, 6.45) is 0. The van der Waals surface area contributed by atoms with Crippen molar-refractivity contribution in [2.24, 2.45) is 0 Å². The largest absolute Gasteiger partial charge is 0.207 e. The van der Waals surface area contributed by atoms with Crippen molar-refractivity contribution in [1.29, 1.82) is 0 Å². The third kappa shape index (κ3) is 3.23. The maximum absolute atomic E-state index is 12.6. The van der Waals surface area contributed by atoms with Gasteiger partial charge in [0.15, 0.2) is 8.07 Å². The molecule has 0 aliphatic carbocycles. The fraction of sp³-hybridized carbons (Fsp3) is 0.0769. The van der Waals surface area contributed by atoms with Crippen molar-refractivity contribution in [2.45, 2.75) is 6.55 Å². The van der Waals surface area contributed by atoms with Crippen molar-refractivity contribution in [2.75, 3.05) is 0 Å². The minimum atomic E-state index is -1.82. The molecule has 0 saturated heterocycles. The van der Waals surface area contributed by atoms with Gasteiger partial charge in [-0.15, -0.1) is 18.7 Å². The van der Waals surface area contributed by atoms with Gasteiger partial charge in [0.1, 0.15) is 5.82 Å². The molecule has 0 bridgehead atoms. The molecule has 0 radical (unpaired) electrons. The number of halogens is 1. The minimum absolute atomic E-state index is 0.243. The summed E-state index contributed by atoms with van der Waals surface area (Å²) in [6.45, 7) is 9.58. The Labute approximate surface area is 91.2 Å². The van der Waals surface area contributed by atoms with E-state index in [2.05, 4.69) is 31.2 Å². The smallest absolute Gasteiger partial charge is 0.181 e. The van der Waals surface area contributed by atoms with Gasteiger partial charge < -0.3 is 0 Å². The molecular formula is C13H13FSi. The molecule has 0 atom stereocenters. The monoisotopic (exact) mass is 216 g/mol. The van der Waals surface area contributed by atoms with Crippen LogP contribution in [0.3, 0.4) is 0 Å². The normalized spacial score (nSPS) is 10.0. The Morgan fingerprint density at radius 2 is 1.73 bits per heavy atom. The number of benzene rings is 1. The Balaban J connectivity index is 2.95. The van der Waals surface area contributed by atoms with Crippen LogP contribution in [0.1, 0.15) is 5.56 Å². The van der Waals surface area contributed by atoms with E-state index in [0.717, 1.165) is 5.56 Å². The van der Waals surface area contributed by atoms with Crippen molar-refractivity contribution >= 4 is 8.07 Å². The van der Waals surface area contributed by atoms with Crippen molar-refractivity contribution in [3.8, 4) is 11.5 Å². The van der Waals surface area contributed by atoms with Crippen LogP contribution in [-0.4, -0.2) is 8.07 Å². The van der Waals surface area contributed by atoms with Crippen LogP contribution in [0.15, 0.2) is 48.8 Å². The van der Waals surface area contributed by atoms with Gasteiger partial charge in [-0.2, -0.15) is 0 Å². The SMILES string of the molecule is C=C[Si](C)(C#Cc1ccc(F)cc1)C=C. The van der Waals surface area contributed by atoms with Gasteiger partial charge in [-0.3, -0.25) is 0 Å². The van der Waals surface area contributed by atoms with Gasteiger partial charge in [0.05, 0.1) is 0 Å². The zero-order valence-corrected chi connectivity index (χ0v) is 9.76.